The van der Waals surface area contributed by atoms with Crippen molar-refractivity contribution in [3.05, 3.63) is 0 Å². The fourth-order valence-electron chi connectivity index (χ4n) is 3.15. The van der Waals surface area contributed by atoms with Crippen LogP contribution in [0, 0.1) is 11.3 Å². The van der Waals surface area contributed by atoms with E-state index in [0.29, 0.717) is 18.6 Å². The molecule has 0 spiro atoms. The summed E-state index contributed by atoms with van der Waals surface area (Å²) < 4.78 is 0. The Balaban J connectivity index is 0.00000361. The molecule has 1 fully saturated rings. The molecule has 20 heavy (non-hydrogen) atoms. The normalized spacial score (nSPS) is 22.4. The lowest BCUT2D eigenvalue weighted by Crippen LogP contribution is -2.44. The number of amidine groups is 1. The predicted octanol–water partition coefficient (Wildman–Crippen LogP) is 4.23. The summed E-state index contributed by atoms with van der Waals surface area (Å²) >= 11 is 0. The van der Waals surface area contributed by atoms with Crippen molar-refractivity contribution in [2.24, 2.45) is 5.92 Å². The maximum absolute atomic E-state index is 9.01. The lowest BCUT2D eigenvalue weighted by molar-refractivity contribution is 0.163. The summed E-state index contributed by atoms with van der Waals surface area (Å²) in [6, 6.07) is 0.480. The minimum absolute atomic E-state index is 0. The van der Waals surface area contributed by atoms with Crippen molar-refractivity contribution in [2.75, 3.05) is 13.2 Å². The molecule has 0 aromatic carbocycles. The Morgan fingerprint density at radius 1 is 1.25 bits per heavy atom. The first kappa shape index (κ1) is 19.7. The zero-order valence-electron chi connectivity index (χ0n) is 13.2. The second kappa shape index (κ2) is 11.4. The Morgan fingerprint density at radius 3 is 2.55 bits per heavy atom. The highest BCUT2D eigenvalue weighted by atomic mass is 35.5. The number of nitrogens with zero attached hydrogens (tertiary/aromatic N) is 1. The number of unbranched alkanes of at least 4 members (excludes halogenated alkanes) is 4. The van der Waals surface area contributed by atoms with Gasteiger partial charge in [-0.25, -0.2) is 0 Å². The van der Waals surface area contributed by atoms with Crippen LogP contribution >= 0.6 is 12.4 Å². The molecule has 0 aromatic rings. The van der Waals surface area contributed by atoms with Crippen LogP contribution in [-0.4, -0.2) is 35.0 Å². The van der Waals surface area contributed by atoms with Gasteiger partial charge in [-0.1, -0.05) is 32.6 Å². The lowest BCUT2D eigenvalue weighted by atomic mass is 9.89. The van der Waals surface area contributed by atoms with Crippen LogP contribution in [0.4, 0.5) is 0 Å². The summed E-state index contributed by atoms with van der Waals surface area (Å²) in [7, 11) is 0. The van der Waals surface area contributed by atoms with Crippen molar-refractivity contribution in [1.29, 1.82) is 5.41 Å². The van der Waals surface area contributed by atoms with Gasteiger partial charge in [0.1, 0.15) is 0 Å². The number of nitrogens with one attached hydrogen (secondary N) is 1. The van der Waals surface area contributed by atoms with Gasteiger partial charge in [0.2, 0.25) is 0 Å². The van der Waals surface area contributed by atoms with Crippen LogP contribution in [0.1, 0.15) is 71.6 Å². The SMILES string of the molecule is CCCCCCCC(=N)N1CCC(CCO)CC1C.Cl. The number of likely N-dealkylation sites (tertiary alicyclic amines) is 1. The van der Waals surface area contributed by atoms with Gasteiger partial charge < -0.3 is 10.0 Å². The molecular formula is C16H33ClN2O. The van der Waals surface area contributed by atoms with Gasteiger partial charge in [-0.3, -0.25) is 5.41 Å². The lowest BCUT2D eigenvalue weighted by Gasteiger charge is -2.39. The quantitative estimate of drug-likeness (QED) is 0.400. The number of piperidine rings is 1. The molecule has 0 amide bonds. The summed E-state index contributed by atoms with van der Waals surface area (Å²) in [4.78, 5) is 2.29. The predicted molar refractivity (Wildman–Crippen MR) is 88.9 cm³/mol. The van der Waals surface area contributed by atoms with E-state index in [-0.39, 0.29) is 12.4 Å². The van der Waals surface area contributed by atoms with E-state index in [2.05, 4.69) is 18.7 Å². The average Bonchev–Trinajstić information content (AvgIpc) is 2.39. The Labute approximate surface area is 131 Å². The number of aliphatic hydroxyl groups is 1. The molecule has 0 bridgehead atoms. The molecule has 4 heteroatoms. The number of halogens is 1. The molecule has 0 radical (unpaired) electrons. The molecular weight excluding hydrogens is 272 g/mol. The van der Waals surface area contributed by atoms with E-state index in [1.807, 2.05) is 0 Å². The topological polar surface area (TPSA) is 47.3 Å². The molecule has 120 valence electrons. The largest absolute Gasteiger partial charge is 0.396 e. The van der Waals surface area contributed by atoms with Crippen LogP contribution in [0.15, 0.2) is 0 Å². The Bertz CT molecular complexity index is 261. The van der Waals surface area contributed by atoms with E-state index in [0.717, 1.165) is 38.1 Å². The molecule has 0 aromatic heterocycles. The number of hydrogen-bond donors (Lipinski definition) is 2. The zero-order chi connectivity index (χ0) is 14.1. The minimum Gasteiger partial charge on any atom is -0.396 e. The van der Waals surface area contributed by atoms with Crippen molar-refractivity contribution >= 4 is 18.2 Å². The smallest absolute Gasteiger partial charge is 0.0960 e. The highest BCUT2D eigenvalue weighted by molar-refractivity contribution is 5.85. The Kier molecular flexibility index (Phi) is 11.2. The summed E-state index contributed by atoms with van der Waals surface area (Å²) in [5.74, 6) is 1.50. The molecule has 2 unspecified atom stereocenters. The summed E-state index contributed by atoms with van der Waals surface area (Å²) in [5, 5.41) is 17.2. The number of hydrogen-bond acceptors (Lipinski definition) is 2. The number of rotatable bonds is 8. The third-order valence-electron chi connectivity index (χ3n) is 4.39. The van der Waals surface area contributed by atoms with Crippen molar-refractivity contribution in [1.82, 2.24) is 4.90 Å². The maximum Gasteiger partial charge on any atom is 0.0960 e. The maximum atomic E-state index is 9.01. The average molecular weight is 305 g/mol. The third-order valence-corrected chi connectivity index (χ3v) is 4.39. The fraction of sp³-hybridized carbons (Fsp3) is 0.938. The highest BCUT2D eigenvalue weighted by Gasteiger charge is 2.26. The van der Waals surface area contributed by atoms with Gasteiger partial charge in [0.05, 0.1) is 5.84 Å². The summed E-state index contributed by atoms with van der Waals surface area (Å²) in [6.07, 6.45) is 10.5. The fourth-order valence-corrected chi connectivity index (χ4v) is 3.15. The van der Waals surface area contributed by atoms with E-state index in [4.69, 9.17) is 10.5 Å². The standard InChI is InChI=1S/C16H32N2O.ClH/c1-3-4-5-6-7-8-16(17)18-11-9-15(10-12-19)13-14(18)2;/h14-15,17,19H,3-13H2,1-2H3;1H. The van der Waals surface area contributed by atoms with E-state index in [1.165, 1.54) is 32.1 Å². The van der Waals surface area contributed by atoms with Crippen LogP contribution in [0.25, 0.3) is 0 Å². The van der Waals surface area contributed by atoms with Crippen LogP contribution in [0.3, 0.4) is 0 Å². The number of aliphatic hydroxyl groups excluding tert-OH is 1. The molecule has 2 atom stereocenters. The molecule has 1 heterocycles. The van der Waals surface area contributed by atoms with E-state index < -0.39 is 0 Å². The highest BCUT2D eigenvalue weighted by Crippen LogP contribution is 2.26. The first-order valence-electron chi connectivity index (χ1n) is 8.14. The van der Waals surface area contributed by atoms with Crippen LogP contribution in [-0.2, 0) is 0 Å². The molecule has 1 aliphatic heterocycles. The monoisotopic (exact) mass is 304 g/mol. The molecule has 2 N–H and O–H groups in total. The van der Waals surface area contributed by atoms with Gasteiger partial charge in [0.15, 0.2) is 0 Å². The molecule has 0 saturated carbocycles. The Morgan fingerprint density at radius 2 is 1.95 bits per heavy atom. The second-order valence-electron chi connectivity index (χ2n) is 6.06. The van der Waals surface area contributed by atoms with E-state index in [9.17, 15) is 0 Å². The van der Waals surface area contributed by atoms with Crippen LogP contribution < -0.4 is 0 Å². The van der Waals surface area contributed by atoms with Crippen molar-refractivity contribution in [3.63, 3.8) is 0 Å². The second-order valence-corrected chi connectivity index (χ2v) is 6.06. The van der Waals surface area contributed by atoms with Gasteiger partial charge in [-0.15, -0.1) is 12.4 Å². The van der Waals surface area contributed by atoms with Gasteiger partial charge in [-0.2, -0.15) is 0 Å². The third kappa shape index (κ3) is 6.94. The minimum atomic E-state index is 0. The van der Waals surface area contributed by atoms with Crippen molar-refractivity contribution < 1.29 is 5.11 Å². The summed E-state index contributed by atoms with van der Waals surface area (Å²) in [6.45, 7) is 5.79. The van der Waals surface area contributed by atoms with E-state index in [1.54, 1.807) is 0 Å². The van der Waals surface area contributed by atoms with Crippen molar-refractivity contribution in [2.45, 2.75) is 77.7 Å². The first-order chi connectivity index (χ1) is 9.19. The molecule has 0 aliphatic carbocycles. The van der Waals surface area contributed by atoms with Gasteiger partial charge in [-0.05, 0) is 38.5 Å². The van der Waals surface area contributed by atoms with E-state index >= 15 is 0 Å². The zero-order valence-corrected chi connectivity index (χ0v) is 14.1. The van der Waals surface area contributed by atoms with Gasteiger partial charge in [0.25, 0.3) is 0 Å². The summed E-state index contributed by atoms with van der Waals surface area (Å²) in [5.41, 5.74) is 0. The van der Waals surface area contributed by atoms with Gasteiger partial charge >= 0.3 is 0 Å². The first-order valence-corrected chi connectivity index (χ1v) is 8.14. The molecule has 1 rings (SSSR count). The van der Waals surface area contributed by atoms with Gasteiger partial charge in [0, 0.05) is 25.6 Å². The van der Waals surface area contributed by atoms with Crippen molar-refractivity contribution in [3.8, 4) is 0 Å². The van der Waals surface area contributed by atoms with Crippen LogP contribution in [0.2, 0.25) is 0 Å². The molecule has 3 nitrogen and oxygen atoms in total. The Hall–Kier alpha value is -0.280. The molecule has 1 aliphatic rings. The van der Waals surface area contributed by atoms with Crippen LogP contribution in [0.5, 0.6) is 0 Å². The molecule has 1 saturated heterocycles.